The number of phenolic OH excluding ortho intramolecular Hbond substituents is 1. The number of hydrogen-bond acceptors (Lipinski definition) is 4. The van der Waals surface area contributed by atoms with Crippen molar-refractivity contribution in [2.75, 3.05) is 14.1 Å². The first kappa shape index (κ1) is 12.5. The summed E-state index contributed by atoms with van der Waals surface area (Å²) in [7, 11) is -0.874. The molecule has 0 bridgehead atoms. The first-order valence-corrected chi connectivity index (χ1v) is 5.85. The smallest absolute Gasteiger partial charge is 0.253 e. The molecule has 0 aliphatic heterocycles. The van der Waals surface area contributed by atoms with Crippen LogP contribution in [0, 0.1) is 0 Å². The van der Waals surface area contributed by atoms with Gasteiger partial charge in [0.15, 0.2) is 0 Å². The Balaban J connectivity index is 3.25. The first-order chi connectivity index (χ1) is 7.23. The van der Waals surface area contributed by atoms with Crippen LogP contribution >= 0.6 is 0 Å². The van der Waals surface area contributed by atoms with E-state index in [1.54, 1.807) is 14.1 Å². The van der Waals surface area contributed by atoms with Crippen molar-refractivity contribution in [3.05, 3.63) is 23.8 Å². The van der Waals surface area contributed by atoms with Gasteiger partial charge in [0.1, 0.15) is 10.6 Å². The molecule has 0 heterocycles. The number of carbonyl (C=O) groups is 1. The molecule has 7 heteroatoms. The number of nitrogens with zero attached hydrogens (tertiary/aromatic N) is 1. The molecule has 6 nitrogen and oxygen atoms in total. The Bertz CT molecular complexity index is 522. The van der Waals surface area contributed by atoms with Crippen molar-refractivity contribution in [2.24, 2.45) is 5.14 Å². The van der Waals surface area contributed by atoms with E-state index in [9.17, 15) is 18.3 Å². The van der Waals surface area contributed by atoms with Gasteiger partial charge in [-0.2, -0.15) is 0 Å². The first-order valence-electron chi connectivity index (χ1n) is 4.31. The number of nitrogens with two attached hydrogens (primary N) is 1. The molecule has 0 atom stereocenters. The number of carbonyl (C=O) groups excluding carboxylic acids is 1. The molecule has 16 heavy (non-hydrogen) atoms. The molecule has 0 unspecified atom stereocenters. The lowest BCUT2D eigenvalue weighted by molar-refractivity contribution is 0.0827. The van der Waals surface area contributed by atoms with E-state index in [4.69, 9.17) is 5.14 Å². The molecule has 1 rings (SSSR count). The van der Waals surface area contributed by atoms with Gasteiger partial charge in [-0.25, -0.2) is 13.6 Å². The van der Waals surface area contributed by atoms with Crippen LogP contribution in [-0.4, -0.2) is 38.4 Å². The van der Waals surface area contributed by atoms with Crippen molar-refractivity contribution in [1.82, 2.24) is 4.90 Å². The van der Waals surface area contributed by atoms with Gasteiger partial charge in [0.05, 0.1) is 0 Å². The lowest BCUT2D eigenvalue weighted by Gasteiger charge is -2.11. The molecular weight excluding hydrogens is 232 g/mol. The average Bonchev–Trinajstić information content (AvgIpc) is 2.14. The van der Waals surface area contributed by atoms with Crippen molar-refractivity contribution in [2.45, 2.75) is 4.90 Å². The predicted octanol–water partition coefficient (Wildman–Crippen LogP) is -0.259. The summed E-state index contributed by atoms with van der Waals surface area (Å²) in [5.41, 5.74) is 0.190. The number of hydrogen-bond donors (Lipinski definition) is 2. The Labute approximate surface area is 93.3 Å². The number of amides is 1. The second kappa shape index (κ2) is 4.11. The maximum Gasteiger partial charge on any atom is 0.253 e. The Morgan fingerprint density at radius 3 is 2.31 bits per heavy atom. The van der Waals surface area contributed by atoms with Crippen molar-refractivity contribution in [3.63, 3.8) is 0 Å². The van der Waals surface area contributed by atoms with Crippen LogP contribution in [0.5, 0.6) is 5.75 Å². The van der Waals surface area contributed by atoms with Crippen LogP contribution in [-0.2, 0) is 10.0 Å². The molecule has 0 spiro atoms. The van der Waals surface area contributed by atoms with E-state index in [0.29, 0.717) is 0 Å². The molecule has 0 saturated carbocycles. The summed E-state index contributed by atoms with van der Waals surface area (Å²) in [6, 6.07) is 3.46. The summed E-state index contributed by atoms with van der Waals surface area (Å²) in [5, 5.41) is 14.3. The molecule has 0 radical (unpaired) electrons. The van der Waals surface area contributed by atoms with E-state index in [2.05, 4.69) is 0 Å². The Kier molecular flexibility index (Phi) is 3.20. The molecule has 3 N–H and O–H groups in total. The molecule has 88 valence electrons. The van der Waals surface area contributed by atoms with Gasteiger partial charge in [-0.05, 0) is 18.2 Å². The SMILES string of the molecule is CN(C)C(=O)c1ccc(S(N)(=O)=O)c(O)c1. The molecule has 0 aromatic heterocycles. The highest BCUT2D eigenvalue weighted by Crippen LogP contribution is 2.22. The molecule has 1 aromatic rings. The molecular formula is C9H12N2O4S. The summed E-state index contributed by atoms with van der Waals surface area (Å²) in [6.07, 6.45) is 0. The topological polar surface area (TPSA) is 101 Å². The minimum Gasteiger partial charge on any atom is -0.507 e. The highest BCUT2D eigenvalue weighted by atomic mass is 32.2. The van der Waals surface area contributed by atoms with E-state index in [0.717, 1.165) is 12.1 Å². The van der Waals surface area contributed by atoms with E-state index >= 15 is 0 Å². The lowest BCUT2D eigenvalue weighted by atomic mass is 10.2. The molecule has 0 aliphatic rings. The van der Waals surface area contributed by atoms with E-state index in [1.165, 1.54) is 11.0 Å². The van der Waals surface area contributed by atoms with Crippen LogP contribution in [0.25, 0.3) is 0 Å². The minimum absolute atomic E-state index is 0.190. The summed E-state index contributed by atoms with van der Waals surface area (Å²) in [6.45, 7) is 0. The third-order valence-electron chi connectivity index (χ3n) is 1.92. The second-order valence-electron chi connectivity index (χ2n) is 3.43. The van der Waals surface area contributed by atoms with Crippen LogP contribution in [0.3, 0.4) is 0 Å². The summed E-state index contributed by atoms with van der Waals surface area (Å²) in [5.74, 6) is -0.869. The molecule has 1 amide bonds. The molecule has 1 aromatic carbocycles. The zero-order valence-corrected chi connectivity index (χ0v) is 9.65. The van der Waals surface area contributed by atoms with Gasteiger partial charge in [0.2, 0.25) is 10.0 Å². The highest BCUT2D eigenvalue weighted by molar-refractivity contribution is 7.89. The normalized spacial score (nSPS) is 11.2. The molecule has 0 fully saturated rings. The van der Waals surface area contributed by atoms with Crippen molar-refractivity contribution in [1.29, 1.82) is 0 Å². The van der Waals surface area contributed by atoms with E-state index in [-0.39, 0.29) is 11.5 Å². The third kappa shape index (κ3) is 2.50. The largest absolute Gasteiger partial charge is 0.507 e. The zero-order chi connectivity index (χ0) is 12.5. The maximum absolute atomic E-state index is 11.5. The highest BCUT2D eigenvalue weighted by Gasteiger charge is 2.16. The van der Waals surface area contributed by atoms with Crippen LogP contribution in [0.4, 0.5) is 0 Å². The fraction of sp³-hybridized carbons (Fsp3) is 0.222. The van der Waals surface area contributed by atoms with E-state index < -0.39 is 20.7 Å². The number of benzene rings is 1. The van der Waals surface area contributed by atoms with Gasteiger partial charge in [-0.15, -0.1) is 0 Å². The standard InChI is InChI=1S/C9H12N2O4S/c1-11(2)9(13)6-3-4-8(7(12)5-6)16(10,14)15/h3-5,12H,1-2H3,(H2,10,14,15). The van der Waals surface area contributed by atoms with Gasteiger partial charge in [-0.1, -0.05) is 0 Å². The third-order valence-corrected chi connectivity index (χ3v) is 2.88. The van der Waals surface area contributed by atoms with Gasteiger partial charge in [-0.3, -0.25) is 4.79 Å². The van der Waals surface area contributed by atoms with Crippen molar-refractivity contribution in [3.8, 4) is 5.75 Å². The van der Waals surface area contributed by atoms with Crippen LogP contribution in [0.15, 0.2) is 23.1 Å². The fourth-order valence-corrected chi connectivity index (χ4v) is 1.76. The van der Waals surface area contributed by atoms with Crippen LogP contribution < -0.4 is 5.14 Å². The average molecular weight is 244 g/mol. The number of aromatic hydroxyl groups is 1. The Morgan fingerprint density at radius 2 is 1.94 bits per heavy atom. The van der Waals surface area contributed by atoms with Crippen LogP contribution in [0.2, 0.25) is 0 Å². The van der Waals surface area contributed by atoms with Gasteiger partial charge >= 0.3 is 0 Å². The number of rotatable bonds is 2. The Morgan fingerprint density at radius 1 is 1.38 bits per heavy atom. The zero-order valence-electron chi connectivity index (χ0n) is 8.84. The quantitative estimate of drug-likeness (QED) is 0.748. The lowest BCUT2D eigenvalue weighted by Crippen LogP contribution is -2.21. The van der Waals surface area contributed by atoms with Crippen molar-refractivity contribution >= 4 is 15.9 Å². The fourth-order valence-electron chi connectivity index (χ4n) is 1.15. The van der Waals surface area contributed by atoms with Gasteiger partial charge in [0, 0.05) is 19.7 Å². The van der Waals surface area contributed by atoms with Gasteiger partial charge < -0.3 is 10.0 Å². The van der Waals surface area contributed by atoms with Gasteiger partial charge in [0.25, 0.3) is 5.91 Å². The predicted molar refractivity (Wildman–Crippen MR) is 57.5 cm³/mol. The number of primary sulfonamides is 1. The number of sulfonamides is 1. The Hall–Kier alpha value is -1.60. The second-order valence-corrected chi connectivity index (χ2v) is 4.96. The summed E-state index contributed by atoms with van der Waals surface area (Å²) < 4.78 is 22.0. The minimum atomic E-state index is -3.97. The monoisotopic (exact) mass is 244 g/mol. The number of phenols is 1. The summed E-state index contributed by atoms with van der Waals surface area (Å²) in [4.78, 5) is 12.4. The molecule has 0 saturated heterocycles. The van der Waals surface area contributed by atoms with E-state index in [1.807, 2.05) is 0 Å². The maximum atomic E-state index is 11.5. The van der Waals surface area contributed by atoms with Crippen LogP contribution in [0.1, 0.15) is 10.4 Å². The summed E-state index contributed by atoms with van der Waals surface area (Å²) >= 11 is 0. The van der Waals surface area contributed by atoms with Crippen molar-refractivity contribution < 1.29 is 18.3 Å². The molecule has 0 aliphatic carbocycles.